The van der Waals surface area contributed by atoms with Crippen molar-refractivity contribution in [3.05, 3.63) is 23.5 Å². The van der Waals surface area contributed by atoms with Crippen LogP contribution < -0.4 is 0 Å². The number of likely N-dealkylation sites (tertiary alicyclic amines) is 1. The van der Waals surface area contributed by atoms with Gasteiger partial charge in [0.05, 0.1) is 5.60 Å². The van der Waals surface area contributed by atoms with Crippen LogP contribution in [0.3, 0.4) is 0 Å². The van der Waals surface area contributed by atoms with Crippen LogP contribution in [0.2, 0.25) is 0 Å². The zero-order chi connectivity index (χ0) is 14.3. The van der Waals surface area contributed by atoms with Crippen molar-refractivity contribution in [1.82, 2.24) is 9.47 Å². The van der Waals surface area contributed by atoms with Crippen molar-refractivity contribution in [3.8, 4) is 0 Å². The molecule has 4 nitrogen and oxygen atoms in total. The van der Waals surface area contributed by atoms with Crippen molar-refractivity contribution in [2.75, 3.05) is 13.1 Å². The van der Waals surface area contributed by atoms with Crippen LogP contribution in [0, 0.1) is 12.8 Å². The highest BCUT2D eigenvalue weighted by Gasteiger charge is 2.43. The van der Waals surface area contributed by atoms with Gasteiger partial charge in [0.2, 0.25) is 0 Å². The predicted octanol–water partition coefficient (Wildman–Crippen LogP) is 2.10. The number of piperidine rings is 1. The topological polar surface area (TPSA) is 45.5 Å². The summed E-state index contributed by atoms with van der Waals surface area (Å²) in [4.78, 5) is 14.6. The fourth-order valence-corrected chi connectivity index (χ4v) is 3.75. The second-order valence-electron chi connectivity index (χ2n) is 6.47. The Balaban J connectivity index is 1.76. The van der Waals surface area contributed by atoms with E-state index in [1.54, 1.807) is 0 Å². The molecule has 0 bridgehead atoms. The Morgan fingerprint density at radius 2 is 2.15 bits per heavy atom. The van der Waals surface area contributed by atoms with E-state index in [9.17, 15) is 9.90 Å². The van der Waals surface area contributed by atoms with E-state index < -0.39 is 5.60 Å². The van der Waals surface area contributed by atoms with Crippen molar-refractivity contribution >= 4 is 5.91 Å². The summed E-state index contributed by atoms with van der Waals surface area (Å²) < 4.78 is 1.95. The molecular weight excluding hydrogens is 252 g/mol. The second-order valence-corrected chi connectivity index (χ2v) is 6.47. The summed E-state index contributed by atoms with van der Waals surface area (Å²) >= 11 is 0. The number of amides is 1. The number of fused-ring (bicyclic) bond motifs is 1. The number of aromatic nitrogens is 1. The molecule has 2 heterocycles. The first-order valence-corrected chi connectivity index (χ1v) is 7.65. The fraction of sp³-hybridized carbons (Fsp3) is 0.688. The van der Waals surface area contributed by atoms with Gasteiger partial charge in [-0.3, -0.25) is 4.79 Å². The fourth-order valence-electron chi connectivity index (χ4n) is 3.75. The lowest BCUT2D eigenvalue weighted by Crippen LogP contribution is -2.54. The average molecular weight is 276 g/mol. The van der Waals surface area contributed by atoms with E-state index >= 15 is 0 Å². The number of aryl methyl sites for hydroxylation is 1. The van der Waals surface area contributed by atoms with E-state index in [2.05, 4.69) is 0 Å². The molecule has 4 heteroatoms. The van der Waals surface area contributed by atoms with Gasteiger partial charge in [-0.15, -0.1) is 0 Å². The number of hydrogen-bond donors (Lipinski definition) is 1. The predicted molar refractivity (Wildman–Crippen MR) is 77.6 cm³/mol. The highest BCUT2D eigenvalue weighted by molar-refractivity contribution is 5.93. The molecular formula is C16H24N2O2. The lowest BCUT2D eigenvalue weighted by molar-refractivity contribution is -0.0887. The third-order valence-electron chi connectivity index (χ3n) is 5.31. The van der Waals surface area contributed by atoms with Gasteiger partial charge in [0.1, 0.15) is 5.69 Å². The molecule has 1 aliphatic carbocycles. The monoisotopic (exact) mass is 276 g/mol. The van der Waals surface area contributed by atoms with Crippen LogP contribution in [0.4, 0.5) is 0 Å². The Hall–Kier alpha value is -1.29. The van der Waals surface area contributed by atoms with Crippen molar-refractivity contribution < 1.29 is 9.90 Å². The molecule has 1 N–H and O–H groups in total. The van der Waals surface area contributed by atoms with Gasteiger partial charge in [0.25, 0.3) is 5.91 Å². The molecule has 1 saturated carbocycles. The second kappa shape index (κ2) is 4.92. The summed E-state index contributed by atoms with van der Waals surface area (Å²) in [6.07, 6.45) is 4.98. The molecule has 2 aliphatic rings. The first-order chi connectivity index (χ1) is 9.51. The molecule has 0 spiro atoms. The van der Waals surface area contributed by atoms with E-state index in [1.807, 2.05) is 35.6 Å². The van der Waals surface area contributed by atoms with Crippen molar-refractivity contribution in [2.45, 2.75) is 44.6 Å². The largest absolute Gasteiger partial charge is 0.389 e. The zero-order valence-corrected chi connectivity index (χ0v) is 12.4. The maximum absolute atomic E-state index is 12.6. The van der Waals surface area contributed by atoms with E-state index in [-0.39, 0.29) is 11.8 Å². The first kappa shape index (κ1) is 13.7. The lowest BCUT2D eigenvalue weighted by atomic mass is 9.71. The smallest absolute Gasteiger partial charge is 0.270 e. The minimum Gasteiger partial charge on any atom is -0.389 e. The number of hydrogen-bond acceptors (Lipinski definition) is 2. The molecule has 110 valence electrons. The Morgan fingerprint density at radius 1 is 1.35 bits per heavy atom. The number of aliphatic hydroxyl groups is 1. The molecule has 2 unspecified atom stereocenters. The molecule has 1 aliphatic heterocycles. The summed E-state index contributed by atoms with van der Waals surface area (Å²) in [6, 6.07) is 3.88. The molecule has 2 fully saturated rings. The molecule has 1 amide bonds. The highest BCUT2D eigenvalue weighted by atomic mass is 16.3. The quantitative estimate of drug-likeness (QED) is 0.854. The summed E-state index contributed by atoms with van der Waals surface area (Å²) in [7, 11) is 1.93. The third kappa shape index (κ3) is 2.16. The van der Waals surface area contributed by atoms with E-state index in [1.165, 1.54) is 6.42 Å². The maximum Gasteiger partial charge on any atom is 0.270 e. The minimum absolute atomic E-state index is 0.105. The molecule has 3 rings (SSSR count). The lowest BCUT2D eigenvalue weighted by Gasteiger charge is -2.47. The van der Waals surface area contributed by atoms with Crippen molar-refractivity contribution in [2.24, 2.45) is 13.0 Å². The Labute approximate surface area is 120 Å². The van der Waals surface area contributed by atoms with Crippen LogP contribution >= 0.6 is 0 Å². The van der Waals surface area contributed by atoms with Gasteiger partial charge in [-0.1, -0.05) is 12.8 Å². The molecule has 0 radical (unpaired) electrons. The molecule has 20 heavy (non-hydrogen) atoms. The summed E-state index contributed by atoms with van der Waals surface area (Å²) in [5.41, 5.74) is 1.34. The first-order valence-electron chi connectivity index (χ1n) is 7.65. The normalized spacial score (nSPS) is 30.1. The summed E-state index contributed by atoms with van der Waals surface area (Å²) in [6.45, 7) is 3.39. The molecule has 1 aromatic rings. The van der Waals surface area contributed by atoms with Crippen LogP contribution in [-0.4, -0.2) is 39.2 Å². The van der Waals surface area contributed by atoms with E-state index in [0.29, 0.717) is 13.1 Å². The van der Waals surface area contributed by atoms with Crippen LogP contribution in [0.5, 0.6) is 0 Å². The minimum atomic E-state index is -0.515. The Morgan fingerprint density at radius 3 is 2.85 bits per heavy atom. The van der Waals surface area contributed by atoms with Crippen LogP contribution in [0.25, 0.3) is 0 Å². The molecule has 2 atom stereocenters. The number of rotatable bonds is 1. The van der Waals surface area contributed by atoms with Gasteiger partial charge in [-0.2, -0.15) is 0 Å². The van der Waals surface area contributed by atoms with Gasteiger partial charge in [0, 0.05) is 31.7 Å². The highest BCUT2D eigenvalue weighted by Crippen LogP contribution is 2.40. The molecule has 1 aromatic heterocycles. The number of carbonyl (C=O) groups excluding carboxylic acids is 1. The van der Waals surface area contributed by atoms with Gasteiger partial charge in [0.15, 0.2) is 0 Å². The van der Waals surface area contributed by atoms with Gasteiger partial charge < -0.3 is 14.6 Å². The van der Waals surface area contributed by atoms with Crippen LogP contribution in [-0.2, 0) is 7.05 Å². The van der Waals surface area contributed by atoms with E-state index in [0.717, 1.165) is 37.1 Å². The summed E-state index contributed by atoms with van der Waals surface area (Å²) in [5, 5.41) is 10.7. The van der Waals surface area contributed by atoms with Gasteiger partial charge in [-0.05, 0) is 38.3 Å². The van der Waals surface area contributed by atoms with E-state index in [4.69, 9.17) is 0 Å². The molecule has 1 saturated heterocycles. The Bertz CT molecular complexity index is 523. The third-order valence-corrected chi connectivity index (χ3v) is 5.31. The maximum atomic E-state index is 12.6. The van der Waals surface area contributed by atoms with Crippen LogP contribution in [0.15, 0.2) is 12.1 Å². The van der Waals surface area contributed by atoms with Crippen molar-refractivity contribution in [3.63, 3.8) is 0 Å². The SMILES string of the molecule is Cc1ccc(C(=O)N2CCC3(O)CCCCC3C2)n1C. The zero-order valence-electron chi connectivity index (χ0n) is 12.4. The van der Waals surface area contributed by atoms with Gasteiger partial charge in [-0.25, -0.2) is 0 Å². The van der Waals surface area contributed by atoms with Gasteiger partial charge >= 0.3 is 0 Å². The molecule has 0 aromatic carbocycles. The number of carbonyl (C=O) groups is 1. The van der Waals surface area contributed by atoms with Crippen LogP contribution in [0.1, 0.15) is 48.3 Å². The summed E-state index contributed by atoms with van der Waals surface area (Å²) in [5.74, 6) is 0.364. The van der Waals surface area contributed by atoms with Crippen molar-refractivity contribution in [1.29, 1.82) is 0 Å². The number of nitrogens with zero attached hydrogens (tertiary/aromatic N) is 2. The average Bonchev–Trinajstić information content (AvgIpc) is 2.77. The standard InChI is InChI=1S/C16H24N2O2/c1-12-6-7-14(17(12)2)15(19)18-10-9-16(20)8-4-3-5-13(16)11-18/h6-7,13,20H,3-5,8-11H2,1-2H3. The Kier molecular flexibility index (Phi) is 3.36.